The summed E-state index contributed by atoms with van der Waals surface area (Å²) in [5.41, 5.74) is 6.72. The Morgan fingerprint density at radius 2 is 1.33 bits per heavy atom. The van der Waals surface area contributed by atoms with Crippen molar-refractivity contribution in [3.63, 3.8) is 0 Å². The third kappa shape index (κ3) is 15.6. The second-order valence-electron chi connectivity index (χ2n) is 15.5. The molecule has 2 rings (SSSR count). The molecular formula is C39H61N7O10S. The van der Waals surface area contributed by atoms with E-state index in [1.165, 1.54) is 0 Å². The molecule has 1 saturated heterocycles. The lowest BCUT2D eigenvalue weighted by Crippen LogP contribution is -2.60. The first kappa shape index (κ1) is 48.4. The number of nitrogens with one attached hydrogen (secondary N) is 5. The van der Waals surface area contributed by atoms with Crippen LogP contribution < -0.4 is 32.3 Å². The normalized spacial score (nSPS) is 17.6. The van der Waals surface area contributed by atoms with Crippen molar-refractivity contribution in [2.45, 2.75) is 129 Å². The molecule has 1 aromatic rings. The van der Waals surface area contributed by atoms with Crippen molar-refractivity contribution in [1.82, 2.24) is 31.5 Å². The first-order valence-corrected chi connectivity index (χ1v) is 20.1. The number of carbonyl (C=O) groups excluding carboxylic acids is 6. The molecule has 57 heavy (non-hydrogen) atoms. The average Bonchev–Trinajstić information content (AvgIpc) is 3.64. The summed E-state index contributed by atoms with van der Waals surface area (Å²) in [7, 11) is 0. The minimum absolute atomic E-state index is 0.0372. The number of nitrogens with zero attached hydrogens (tertiary/aromatic N) is 1. The van der Waals surface area contributed by atoms with Crippen LogP contribution in [0.25, 0.3) is 0 Å². The third-order valence-corrected chi connectivity index (χ3v) is 10.1. The molecule has 1 aliphatic heterocycles. The molecule has 0 unspecified atom stereocenters. The van der Waals surface area contributed by atoms with Gasteiger partial charge in [-0.05, 0) is 49.0 Å². The van der Waals surface area contributed by atoms with Crippen LogP contribution in [0.15, 0.2) is 30.3 Å². The van der Waals surface area contributed by atoms with Gasteiger partial charge in [0.05, 0.1) is 12.5 Å². The minimum Gasteiger partial charge on any atom is -0.481 e. The summed E-state index contributed by atoms with van der Waals surface area (Å²) >= 11 is 4.16. The van der Waals surface area contributed by atoms with Crippen LogP contribution in [0.2, 0.25) is 0 Å². The molecule has 1 aliphatic rings. The number of carboxylic acid groups (broad SMARTS) is 2. The highest BCUT2D eigenvalue weighted by Crippen LogP contribution is 2.20. The van der Waals surface area contributed by atoms with Crippen molar-refractivity contribution < 1.29 is 48.6 Å². The molecule has 0 aromatic heterocycles. The van der Waals surface area contributed by atoms with Gasteiger partial charge in [-0.15, -0.1) is 0 Å². The van der Waals surface area contributed by atoms with Crippen LogP contribution in [0.3, 0.4) is 0 Å². The van der Waals surface area contributed by atoms with E-state index in [1.54, 1.807) is 44.2 Å². The largest absolute Gasteiger partial charge is 0.481 e. The zero-order valence-corrected chi connectivity index (χ0v) is 34.6. The third-order valence-electron chi connectivity index (χ3n) is 9.74. The van der Waals surface area contributed by atoms with Gasteiger partial charge in [0, 0.05) is 18.7 Å². The quantitative estimate of drug-likeness (QED) is 0.0691. The van der Waals surface area contributed by atoms with Crippen LogP contribution in [-0.4, -0.2) is 117 Å². The zero-order chi connectivity index (χ0) is 43.0. The summed E-state index contributed by atoms with van der Waals surface area (Å²) in [6.45, 7) is 11.0. The van der Waals surface area contributed by atoms with Crippen LogP contribution in [0.5, 0.6) is 0 Å². The van der Waals surface area contributed by atoms with Crippen molar-refractivity contribution in [2.75, 3.05) is 12.3 Å². The van der Waals surface area contributed by atoms with Crippen molar-refractivity contribution in [2.24, 2.45) is 23.5 Å². The van der Waals surface area contributed by atoms with E-state index >= 15 is 0 Å². The Labute approximate surface area is 339 Å². The van der Waals surface area contributed by atoms with Gasteiger partial charge in [-0.3, -0.25) is 33.6 Å². The number of nitrogens with two attached hydrogens (primary N) is 1. The molecule has 18 heteroatoms. The Hall–Kier alpha value is -4.71. The molecule has 17 nitrogen and oxygen atoms in total. The van der Waals surface area contributed by atoms with Gasteiger partial charge >= 0.3 is 11.9 Å². The molecule has 1 heterocycles. The maximum Gasteiger partial charge on any atom is 0.326 e. The van der Waals surface area contributed by atoms with Crippen molar-refractivity contribution in [3.05, 3.63) is 35.9 Å². The first-order valence-electron chi connectivity index (χ1n) is 19.5. The second-order valence-corrected chi connectivity index (χ2v) is 15.8. The zero-order valence-electron chi connectivity index (χ0n) is 33.7. The Morgan fingerprint density at radius 3 is 1.88 bits per heavy atom. The highest BCUT2D eigenvalue weighted by Gasteiger charge is 2.41. The van der Waals surface area contributed by atoms with E-state index in [2.05, 4.69) is 39.2 Å². The van der Waals surface area contributed by atoms with Gasteiger partial charge in [0.25, 0.3) is 0 Å². The lowest BCUT2D eigenvalue weighted by atomic mass is 9.99. The van der Waals surface area contributed by atoms with Gasteiger partial charge in [0.2, 0.25) is 35.4 Å². The molecule has 1 aromatic carbocycles. The van der Waals surface area contributed by atoms with E-state index in [0.717, 1.165) is 4.90 Å². The monoisotopic (exact) mass is 819 g/mol. The Morgan fingerprint density at radius 1 is 0.772 bits per heavy atom. The van der Waals surface area contributed by atoms with Crippen molar-refractivity contribution in [1.29, 1.82) is 0 Å². The van der Waals surface area contributed by atoms with Crippen LogP contribution >= 0.6 is 12.6 Å². The molecule has 6 amide bonds. The molecule has 0 spiro atoms. The topological polar surface area (TPSA) is 266 Å². The Bertz CT molecular complexity index is 1560. The smallest absolute Gasteiger partial charge is 0.326 e. The lowest BCUT2D eigenvalue weighted by Gasteiger charge is -2.30. The number of aliphatic carboxylic acids is 2. The van der Waals surface area contributed by atoms with Gasteiger partial charge in [-0.2, -0.15) is 12.6 Å². The summed E-state index contributed by atoms with van der Waals surface area (Å²) in [5, 5.41) is 32.3. The number of benzene rings is 1. The van der Waals surface area contributed by atoms with E-state index in [9.17, 15) is 48.6 Å². The van der Waals surface area contributed by atoms with Crippen LogP contribution in [0.4, 0.5) is 0 Å². The van der Waals surface area contributed by atoms with Crippen molar-refractivity contribution in [3.8, 4) is 0 Å². The number of amides is 6. The minimum atomic E-state index is -1.66. The number of rotatable bonds is 23. The standard InChI is InChI=1S/C39H61N7O10S/c1-7-23(6)32(39(55)56)45-36(52)29(20-57)44-37(53)30-14-11-15-46(30)38(54)28(19-31(47)48)43-35(51)27(18-24-12-9-8-10-13-24)42-34(50)26(17-22(4)5)41-33(49)25(40)16-21(2)3/h8-10,12-13,21-23,25-30,32,57H,7,11,14-20,40H2,1-6H3,(H,41,49)(H,42,50)(H,43,51)(H,44,53)(H,45,52)(H,47,48)(H,55,56)/t23-,25-,26-,27-,28-,29-,30-,32-/m0/s1. The van der Waals surface area contributed by atoms with E-state index < -0.39 is 102 Å². The number of thiol groups is 1. The molecule has 318 valence electrons. The lowest BCUT2D eigenvalue weighted by molar-refractivity contribution is -0.146. The number of likely N-dealkylation sites (tertiary alicyclic amines) is 1. The molecule has 0 aliphatic carbocycles. The van der Waals surface area contributed by atoms with E-state index in [4.69, 9.17) is 5.73 Å². The van der Waals surface area contributed by atoms with E-state index in [0.29, 0.717) is 24.8 Å². The van der Waals surface area contributed by atoms with Gasteiger partial charge in [0.15, 0.2) is 0 Å². The molecule has 0 saturated carbocycles. The summed E-state index contributed by atoms with van der Waals surface area (Å²) in [4.78, 5) is 106. The van der Waals surface area contributed by atoms with Crippen LogP contribution in [0, 0.1) is 17.8 Å². The highest BCUT2D eigenvalue weighted by molar-refractivity contribution is 7.80. The predicted molar refractivity (Wildman–Crippen MR) is 215 cm³/mol. The van der Waals surface area contributed by atoms with Crippen LogP contribution in [-0.2, 0) is 44.8 Å². The average molecular weight is 820 g/mol. The fourth-order valence-electron chi connectivity index (χ4n) is 6.48. The van der Waals surface area contributed by atoms with Gasteiger partial charge in [-0.1, -0.05) is 78.3 Å². The van der Waals surface area contributed by atoms with Gasteiger partial charge in [0.1, 0.15) is 36.3 Å². The summed E-state index contributed by atoms with van der Waals surface area (Å²) < 4.78 is 0. The molecular weight excluding hydrogens is 759 g/mol. The van der Waals surface area contributed by atoms with E-state index in [1.807, 2.05) is 27.7 Å². The second kappa shape index (κ2) is 23.5. The fourth-order valence-corrected chi connectivity index (χ4v) is 6.73. The maximum atomic E-state index is 14.0. The Kier molecular flexibility index (Phi) is 20.0. The van der Waals surface area contributed by atoms with Gasteiger partial charge < -0.3 is 47.4 Å². The van der Waals surface area contributed by atoms with Crippen LogP contribution in [0.1, 0.15) is 85.6 Å². The number of hydrogen-bond donors (Lipinski definition) is 9. The summed E-state index contributed by atoms with van der Waals surface area (Å²) in [5.74, 6) is -7.65. The van der Waals surface area contributed by atoms with Gasteiger partial charge in [-0.25, -0.2) is 4.79 Å². The van der Waals surface area contributed by atoms with Crippen molar-refractivity contribution >= 4 is 60.0 Å². The molecule has 9 N–H and O–H groups in total. The SMILES string of the molecule is CC[C@H](C)[C@H](NC(=O)[C@H](CS)NC(=O)[C@@H]1CCCN1C(=O)[C@H](CC(=O)O)NC(=O)[C@H](Cc1ccccc1)NC(=O)[C@H](CC(C)C)NC(=O)[C@@H](N)CC(C)C)C(=O)O. The Balaban J connectivity index is 2.33. The number of carbonyl (C=O) groups is 8. The molecule has 0 radical (unpaired) electrons. The predicted octanol–water partition coefficient (Wildman–Crippen LogP) is 0.599. The molecule has 8 atom stereocenters. The van der Waals surface area contributed by atoms with E-state index in [-0.39, 0.29) is 43.4 Å². The molecule has 0 bridgehead atoms. The highest BCUT2D eigenvalue weighted by atomic mass is 32.1. The maximum absolute atomic E-state index is 14.0. The summed E-state index contributed by atoms with van der Waals surface area (Å²) in [6.07, 6.45) is 0.674. The summed E-state index contributed by atoms with van der Waals surface area (Å²) in [6, 6.07) is 0.164. The first-order chi connectivity index (χ1) is 26.8. The number of hydrogen-bond acceptors (Lipinski definition) is 10. The fraction of sp³-hybridized carbons (Fsp3) is 0.641. The number of carboxylic acids is 2. The molecule has 1 fully saturated rings.